The van der Waals surface area contributed by atoms with Crippen molar-refractivity contribution in [2.75, 3.05) is 0 Å². The molecule has 3 aromatic rings. The van der Waals surface area contributed by atoms with Crippen molar-refractivity contribution in [3.8, 4) is 0 Å². The summed E-state index contributed by atoms with van der Waals surface area (Å²) in [4.78, 5) is 13.0. The van der Waals surface area contributed by atoms with Gasteiger partial charge in [0.15, 0.2) is 5.78 Å². The average molecular weight is 374 g/mol. The van der Waals surface area contributed by atoms with Crippen LogP contribution < -0.4 is 15.9 Å². The molecule has 138 valence electrons. The summed E-state index contributed by atoms with van der Waals surface area (Å²) in [5.41, 5.74) is 0.838. The molecule has 1 nitrogen and oxygen atoms in total. The predicted molar refractivity (Wildman–Crippen MR) is 121 cm³/mol. The number of ketones is 1. The standard InChI is InChI=1S/C25H27OP/c1-3-4-7-19-24(26)23-18-12-13-20-25(23)27(2,21-14-8-5-9-15-21)22-16-10-6-11-17-22/h5-6,8-18,20H,2-4,7,19H2,1H3. The maximum Gasteiger partial charge on any atom is 0.163 e. The van der Waals surface area contributed by atoms with E-state index in [0.29, 0.717) is 6.42 Å². The number of rotatable bonds is 8. The van der Waals surface area contributed by atoms with Crippen LogP contribution in [0.2, 0.25) is 0 Å². The van der Waals surface area contributed by atoms with Gasteiger partial charge in [-0.05, 0) is 29.2 Å². The third-order valence-corrected chi connectivity index (χ3v) is 8.59. The van der Waals surface area contributed by atoms with Crippen LogP contribution in [0.25, 0.3) is 0 Å². The van der Waals surface area contributed by atoms with E-state index in [1.165, 1.54) is 10.6 Å². The van der Waals surface area contributed by atoms with Gasteiger partial charge in [0.25, 0.3) is 0 Å². The molecule has 0 spiro atoms. The highest BCUT2D eigenvalue weighted by atomic mass is 31.2. The molecule has 0 fully saturated rings. The van der Waals surface area contributed by atoms with E-state index in [1.54, 1.807) is 0 Å². The summed E-state index contributed by atoms with van der Waals surface area (Å²) in [6, 6.07) is 29.0. The van der Waals surface area contributed by atoms with Crippen LogP contribution in [-0.2, 0) is 0 Å². The molecule has 27 heavy (non-hydrogen) atoms. The Balaban J connectivity index is 2.15. The summed E-state index contributed by atoms with van der Waals surface area (Å²) in [6.07, 6.45) is 8.55. The molecule has 0 radical (unpaired) electrons. The van der Waals surface area contributed by atoms with Crippen LogP contribution in [0.4, 0.5) is 0 Å². The fourth-order valence-corrected chi connectivity index (χ4v) is 6.67. The third-order valence-electron chi connectivity index (χ3n) is 5.02. The molecule has 0 aliphatic rings. The monoisotopic (exact) mass is 374 g/mol. The maximum absolute atomic E-state index is 13.0. The van der Waals surface area contributed by atoms with Crippen LogP contribution >= 0.6 is 6.89 Å². The van der Waals surface area contributed by atoms with Gasteiger partial charge in [0.05, 0.1) is 0 Å². The highest BCUT2D eigenvalue weighted by Gasteiger charge is 2.26. The lowest BCUT2D eigenvalue weighted by atomic mass is 10.0. The summed E-state index contributed by atoms with van der Waals surface area (Å²) in [7, 11) is 0. The Kier molecular flexibility index (Phi) is 6.48. The molecule has 0 N–H and O–H groups in total. The molecule has 0 saturated carbocycles. The van der Waals surface area contributed by atoms with E-state index >= 15 is 0 Å². The fourth-order valence-electron chi connectivity index (χ4n) is 3.50. The van der Waals surface area contributed by atoms with Crippen molar-refractivity contribution in [3.05, 3.63) is 90.5 Å². The minimum Gasteiger partial charge on any atom is -0.294 e. The Morgan fingerprint density at radius 1 is 0.778 bits per heavy atom. The van der Waals surface area contributed by atoms with Crippen molar-refractivity contribution >= 4 is 34.9 Å². The number of hydrogen-bond donors (Lipinski definition) is 0. The fraction of sp³-hybridized carbons (Fsp3) is 0.200. The number of Topliss-reactive ketones (excluding diaryl/α,β-unsaturated/α-hetero) is 1. The maximum atomic E-state index is 13.0. The Labute approximate surface area is 163 Å². The quantitative estimate of drug-likeness (QED) is 0.302. The minimum atomic E-state index is -2.13. The lowest BCUT2D eigenvalue weighted by molar-refractivity contribution is 0.0980. The predicted octanol–water partition coefficient (Wildman–Crippen LogP) is 5.18. The van der Waals surface area contributed by atoms with E-state index in [1.807, 2.05) is 30.3 Å². The van der Waals surface area contributed by atoms with Gasteiger partial charge < -0.3 is 0 Å². The van der Waals surface area contributed by atoms with Gasteiger partial charge in [-0.15, -0.1) is 0 Å². The second kappa shape index (κ2) is 9.02. The van der Waals surface area contributed by atoms with Crippen molar-refractivity contribution < 1.29 is 4.79 Å². The first-order valence-electron chi connectivity index (χ1n) is 9.65. The van der Waals surface area contributed by atoms with Crippen LogP contribution in [0.1, 0.15) is 43.0 Å². The SMILES string of the molecule is C=P(c1ccccc1)(c1ccccc1)c1ccccc1C(=O)CCCCC. The molecular weight excluding hydrogens is 347 g/mol. The molecule has 3 rings (SSSR count). The molecule has 0 saturated heterocycles. The summed E-state index contributed by atoms with van der Waals surface area (Å²) in [6.45, 7) is 0.0346. The van der Waals surface area contributed by atoms with Gasteiger partial charge in [0.2, 0.25) is 0 Å². The van der Waals surface area contributed by atoms with Crippen LogP contribution in [-0.4, -0.2) is 12.1 Å². The number of unbranched alkanes of at least 4 members (excludes halogenated alkanes) is 2. The lowest BCUT2D eigenvalue weighted by Crippen LogP contribution is -2.29. The number of carbonyl (C=O) groups excluding carboxylic acids is 1. The van der Waals surface area contributed by atoms with Crippen molar-refractivity contribution in [1.29, 1.82) is 0 Å². The summed E-state index contributed by atoms with van der Waals surface area (Å²) < 4.78 is 0. The van der Waals surface area contributed by atoms with Gasteiger partial charge in [-0.2, -0.15) is 0 Å². The first kappa shape index (κ1) is 19.4. The molecule has 0 amide bonds. The van der Waals surface area contributed by atoms with Gasteiger partial charge in [-0.1, -0.05) is 111 Å². The number of hydrogen-bond acceptors (Lipinski definition) is 1. The van der Waals surface area contributed by atoms with Gasteiger partial charge in [0.1, 0.15) is 0 Å². The molecule has 2 heteroatoms. The normalized spacial score (nSPS) is 11.3. The van der Waals surface area contributed by atoms with Gasteiger partial charge in [-0.25, -0.2) is 0 Å². The zero-order chi connectivity index (χ0) is 19.1. The summed E-state index contributed by atoms with van der Waals surface area (Å²) in [5, 5.41) is 3.49. The Morgan fingerprint density at radius 2 is 1.30 bits per heavy atom. The molecule has 0 unspecified atom stereocenters. The second-order valence-corrected chi connectivity index (χ2v) is 10.0. The van der Waals surface area contributed by atoms with Crippen molar-refractivity contribution in [3.63, 3.8) is 0 Å². The smallest absolute Gasteiger partial charge is 0.163 e. The molecule has 0 aliphatic heterocycles. The Bertz CT molecular complexity index is 885. The molecule has 0 atom stereocenters. The van der Waals surface area contributed by atoms with Crippen LogP contribution in [0.5, 0.6) is 0 Å². The van der Waals surface area contributed by atoms with E-state index in [2.05, 4.69) is 61.5 Å². The minimum absolute atomic E-state index is 0.235. The van der Waals surface area contributed by atoms with Crippen molar-refractivity contribution in [2.45, 2.75) is 32.6 Å². The topological polar surface area (TPSA) is 17.1 Å². The number of carbonyl (C=O) groups is 1. The molecule has 3 aromatic carbocycles. The first-order chi connectivity index (χ1) is 13.2. The van der Waals surface area contributed by atoms with Crippen molar-refractivity contribution in [2.24, 2.45) is 0 Å². The van der Waals surface area contributed by atoms with Gasteiger partial charge in [-0.3, -0.25) is 4.79 Å². The Hall–Kier alpha value is -2.37. The molecule has 0 aromatic heterocycles. The second-order valence-electron chi connectivity index (χ2n) is 6.88. The molecule has 0 aliphatic carbocycles. The van der Waals surface area contributed by atoms with E-state index in [-0.39, 0.29) is 5.78 Å². The zero-order valence-electron chi connectivity index (χ0n) is 16.0. The molecule has 0 heterocycles. The zero-order valence-corrected chi connectivity index (χ0v) is 16.9. The van der Waals surface area contributed by atoms with Crippen LogP contribution in [0.3, 0.4) is 0 Å². The van der Waals surface area contributed by atoms with E-state index < -0.39 is 6.89 Å². The van der Waals surface area contributed by atoms with Crippen molar-refractivity contribution in [1.82, 2.24) is 0 Å². The summed E-state index contributed by atoms with van der Waals surface area (Å²) >= 11 is 0. The average Bonchev–Trinajstić information content (AvgIpc) is 2.74. The lowest BCUT2D eigenvalue weighted by Gasteiger charge is -2.28. The van der Waals surface area contributed by atoms with Crippen LogP contribution in [0, 0.1) is 0 Å². The molecule has 0 bridgehead atoms. The summed E-state index contributed by atoms with van der Waals surface area (Å²) in [5.74, 6) is 0.235. The highest BCUT2D eigenvalue weighted by Crippen LogP contribution is 2.42. The highest BCUT2D eigenvalue weighted by molar-refractivity contribution is 7.93. The third kappa shape index (κ3) is 4.15. The molecular formula is C25H27OP. The van der Waals surface area contributed by atoms with Crippen LogP contribution in [0.15, 0.2) is 84.9 Å². The Morgan fingerprint density at radius 3 is 1.85 bits per heavy atom. The van der Waals surface area contributed by atoms with E-state index in [9.17, 15) is 4.79 Å². The van der Waals surface area contributed by atoms with Gasteiger partial charge in [0, 0.05) is 12.0 Å². The first-order valence-corrected chi connectivity index (χ1v) is 11.6. The number of benzene rings is 3. The van der Waals surface area contributed by atoms with E-state index in [0.717, 1.165) is 30.1 Å². The van der Waals surface area contributed by atoms with Gasteiger partial charge >= 0.3 is 0 Å². The van der Waals surface area contributed by atoms with E-state index in [4.69, 9.17) is 6.30 Å². The largest absolute Gasteiger partial charge is 0.294 e.